The molecule has 3 rings (SSSR count). The maximum absolute atomic E-state index is 5.57. The molecule has 0 amide bonds. The Morgan fingerprint density at radius 2 is 2.14 bits per heavy atom. The van der Waals surface area contributed by atoms with E-state index in [-0.39, 0.29) is 4.75 Å². The molecular weight excluding hydrogens is 384 g/mol. The summed E-state index contributed by atoms with van der Waals surface area (Å²) in [5, 5.41) is 7.13. The fourth-order valence-electron chi connectivity index (χ4n) is 4.11. The number of para-hydroxylation sites is 2. The molecule has 2 N–H and O–H groups in total. The number of methoxy groups -OCH3 is 1. The smallest absolute Gasteiger partial charge is 0.191 e. The van der Waals surface area contributed by atoms with Crippen LogP contribution in [-0.2, 0) is 4.74 Å². The molecular formula is C22H36N4O2S. The maximum Gasteiger partial charge on any atom is 0.191 e. The van der Waals surface area contributed by atoms with Crippen LogP contribution in [0.2, 0.25) is 0 Å². The van der Waals surface area contributed by atoms with E-state index in [9.17, 15) is 0 Å². The van der Waals surface area contributed by atoms with E-state index in [1.54, 1.807) is 7.11 Å². The number of anilines is 1. The van der Waals surface area contributed by atoms with Gasteiger partial charge in [-0.3, -0.25) is 4.99 Å². The third-order valence-corrected chi connectivity index (χ3v) is 7.30. The van der Waals surface area contributed by atoms with E-state index in [4.69, 9.17) is 14.5 Å². The first-order valence-electron chi connectivity index (χ1n) is 10.8. The average Bonchev–Trinajstić information content (AvgIpc) is 2.78. The number of piperidine rings is 1. The van der Waals surface area contributed by atoms with E-state index >= 15 is 0 Å². The average molecular weight is 421 g/mol. The summed E-state index contributed by atoms with van der Waals surface area (Å²) in [5.74, 6) is 1.87. The van der Waals surface area contributed by atoms with Crippen LogP contribution in [0, 0.1) is 0 Å². The van der Waals surface area contributed by atoms with Crippen LogP contribution in [0.15, 0.2) is 29.3 Å². The summed E-state index contributed by atoms with van der Waals surface area (Å²) in [6, 6.07) is 8.65. The van der Waals surface area contributed by atoms with Crippen LogP contribution in [0.25, 0.3) is 0 Å². The minimum Gasteiger partial charge on any atom is -0.495 e. The van der Waals surface area contributed by atoms with Crippen molar-refractivity contribution in [3.8, 4) is 5.75 Å². The van der Waals surface area contributed by atoms with Gasteiger partial charge < -0.3 is 25.0 Å². The first-order valence-corrected chi connectivity index (χ1v) is 12.0. The zero-order valence-electron chi connectivity index (χ0n) is 18.1. The highest BCUT2D eigenvalue weighted by molar-refractivity contribution is 8.00. The Labute approximate surface area is 179 Å². The molecule has 0 spiro atoms. The quantitative estimate of drug-likeness (QED) is 0.522. The minimum absolute atomic E-state index is 0.205. The molecule has 1 atom stereocenters. The normalized spacial score (nSPS) is 22.2. The molecule has 29 heavy (non-hydrogen) atoms. The molecule has 2 aliphatic rings. The molecule has 1 unspecified atom stereocenters. The van der Waals surface area contributed by atoms with Gasteiger partial charge in [0.05, 0.1) is 19.3 Å². The number of hydrogen-bond donors (Lipinski definition) is 2. The Bertz CT molecular complexity index is 664. The minimum atomic E-state index is 0.205. The Morgan fingerprint density at radius 3 is 2.86 bits per heavy atom. The van der Waals surface area contributed by atoms with Gasteiger partial charge in [-0.25, -0.2) is 0 Å². The van der Waals surface area contributed by atoms with Gasteiger partial charge in [-0.05, 0) is 51.0 Å². The molecule has 0 saturated carbocycles. The van der Waals surface area contributed by atoms with Crippen LogP contribution in [0.3, 0.4) is 0 Å². The third-order valence-electron chi connectivity index (χ3n) is 5.89. The molecule has 162 valence electrons. The van der Waals surface area contributed by atoms with Crippen molar-refractivity contribution in [1.29, 1.82) is 0 Å². The summed E-state index contributed by atoms with van der Waals surface area (Å²) in [7, 11) is 1.74. The molecule has 0 aromatic heterocycles. The van der Waals surface area contributed by atoms with E-state index < -0.39 is 0 Å². The summed E-state index contributed by atoms with van der Waals surface area (Å²) in [6.45, 7) is 7.51. The monoisotopic (exact) mass is 420 g/mol. The highest BCUT2D eigenvalue weighted by atomic mass is 32.2. The predicted octanol–water partition coefficient (Wildman–Crippen LogP) is 3.13. The van der Waals surface area contributed by atoms with Crippen molar-refractivity contribution in [2.45, 2.75) is 43.4 Å². The molecule has 0 radical (unpaired) electrons. The zero-order chi connectivity index (χ0) is 20.5. The van der Waals surface area contributed by atoms with Crippen molar-refractivity contribution in [3.05, 3.63) is 24.3 Å². The van der Waals surface area contributed by atoms with Crippen LogP contribution in [0.1, 0.15) is 32.6 Å². The maximum atomic E-state index is 5.57. The van der Waals surface area contributed by atoms with Gasteiger partial charge in [0.2, 0.25) is 0 Å². The number of guanidine groups is 1. The summed E-state index contributed by atoms with van der Waals surface area (Å²) in [5.41, 5.74) is 1.17. The first-order chi connectivity index (χ1) is 14.2. The van der Waals surface area contributed by atoms with Gasteiger partial charge in [-0.1, -0.05) is 12.1 Å². The molecule has 0 bridgehead atoms. The second-order valence-corrected chi connectivity index (χ2v) is 9.07. The van der Waals surface area contributed by atoms with Crippen molar-refractivity contribution in [2.24, 2.45) is 4.99 Å². The number of ether oxygens (including phenoxy) is 2. The fourth-order valence-corrected chi connectivity index (χ4v) is 4.88. The van der Waals surface area contributed by atoms with Gasteiger partial charge in [-0.15, -0.1) is 0 Å². The molecule has 0 aliphatic carbocycles. The predicted molar refractivity (Wildman–Crippen MR) is 124 cm³/mol. The molecule has 6 nitrogen and oxygen atoms in total. The van der Waals surface area contributed by atoms with Crippen LogP contribution in [0.4, 0.5) is 5.69 Å². The summed E-state index contributed by atoms with van der Waals surface area (Å²) in [6.07, 6.45) is 6.65. The number of nitrogens with one attached hydrogen (secondary N) is 2. The number of thioether (sulfide) groups is 1. The highest BCUT2D eigenvalue weighted by Gasteiger charge is 2.32. The molecule has 2 saturated heterocycles. The third kappa shape index (κ3) is 5.95. The molecule has 2 fully saturated rings. The lowest BCUT2D eigenvalue weighted by Crippen LogP contribution is -2.51. The van der Waals surface area contributed by atoms with Gasteiger partial charge in [-0.2, -0.15) is 11.8 Å². The lowest BCUT2D eigenvalue weighted by molar-refractivity contribution is 0.0794. The number of benzene rings is 1. The zero-order valence-corrected chi connectivity index (χ0v) is 18.9. The van der Waals surface area contributed by atoms with E-state index in [2.05, 4.69) is 40.8 Å². The number of nitrogens with zero attached hydrogens (tertiary/aromatic N) is 2. The Hall–Kier alpha value is -1.60. The molecule has 2 aliphatic heterocycles. The van der Waals surface area contributed by atoms with E-state index in [0.29, 0.717) is 6.04 Å². The number of rotatable bonds is 7. The van der Waals surface area contributed by atoms with Crippen LogP contribution in [0.5, 0.6) is 5.75 Å². The SMILES string of the molecule is CCNC(=NCC1(SC)CCOCC1)NC1CCCN(c2ccccc2OC)C1. The Balaban J connectivity index is 1.65. The summed E-state index contributed by atoms with van der Waals surface area (Å²) in [4.78, 5) is 7.40. The van der Waals surface area contributed by atoms with E-state index in [1.807, 2.05) is 23.9 Å². The van der Waals surface area contributed by atoms with Crippen molar-refractivity contribution in [1.82, 2.24) is 10.6 Å². The van der Waals surface area contributed by atoms with Crippen LogP contribution < -0.4 is 20.3 Å². The second-order valence-electron chi connectivity index (χ2n) is 7.80. The van der Waals surface area contributed by atoms with Gasteiger partial charge in [0.1, 0.15) is 5.75 Å². The van der Waals surface area contributed by atoms with Crippen LogP contribution in [-0.4, -0.2) is 69.5 Å². The number of hydrogen-bond acceptors (Lipinski definition) is 5. The Morgan fingerprint density at radius 1 is 1.34 bits per heavy atom. The first kappa shape index (κ1) is 22.1. The topological polar surface area (TPSA) is 58.1 Å². The standard InChI is InChI=1S/C22H36N4O2S/c1-4-23-21(24-17-22(29-3)11-14-28-15-12-22)25-18-8-7-13-26(16-18)19-9-5-6-10-20(19)27-2/h5-6,9-10,18H,4,7-8,11-17H2,1-3H3,(H2,23,24,25). The lowest BCUT2D eigenvalue weighted by atomic mass is 9.99. The van der Waals surface area contributed by atoms with Crippen molar-refractivity contribution >= 4 is 23.4 Å². The van der Waals surface area contributed by atoms with E-state index in [0.717, 1.165) is 76.8 Å². The molecule has 1 aromatic carbocycles. The van der Waals surface area contributed by atoms with Crippen molar-refractivity contribution < 1.29 is 9.47 Å². The second kappa shape index (κ2) is 11.0. The molecule has 7 heteroatoms. The van der Waals surface area contributed by atoms with E-state index in [1.165, 1.54) is 5.69 Å². The lowest BCUT2D eigenvalue weighted by Gasteiger charge is -2.37. The summed E-state index contributed by atoms with van der Waals surface area (Å²) >= 11 is 1.94. The largest absolute Gasteiger partial charge is 0.495 e. The van der Waals surface area contributed by atoms with Gasteiger partial charge >= 0.3 is 0 Å². The molecule has 1 aromatic rings. The van der Waals surface area contributed by atoms with Gasteiger partial charge in [0.25, 0.3) is 0 Å². The number of aliphatic imine (C=N–C) groups is 1. The fraction of sp³-hybridized carbons (Fsp3) is 0.682. The van der Waals surface area contributed by atoms with Crippen molar-refractivity contribution in [2.75, 3.05) is 57.7 Å². The van der Waals surface area contributed by atoms with Gasteiger partial charge in [0, 0.05) is 43.6 Å². The summed E-state index contributed by atoms with van der Waals surface area (Å²) < 4.78 is 11.3. The van der Waals surface area contributed by atoms with Gasteiger partial charge in [0.15, 0.2) is 5.96 Å². The highest BCUT2D eigenvalue weighted by Crippen LogP contribution is 2.34. The van der Waals surface area contributed by atoms with Crippen LogP contribution >= 0.6 is 11.8 Å². The van der Waals surface area contributed by atoms with Crippen molar-refractivity contribution in [3.63, 3.8) is 0 Å². The Kier molecular flexibility index (Phi) is 8.36. The molecule has 2 heterocycles.